The van der Waals surface area contributed by atoms with Crippen molar-refractivity contribution in [2.24, 2.45) is 5.73 Å². The van der Waals surface area contributed by atoms with Gasteiger partial charge in [-0.3, -0.25) is 14.2 Å². The molecule has 0 fully saturated rings. The zero-order valence-electron chi connectivity index (χ0n) is 12.3. The monoisotopic (exact) mass is 314 g/mol. The van der Waals surface area contributed by atoms with Crippen LogP contribution >= 0.6 is 0 Å². The number of nitrogens with two attached hydrogens (primary N) is 1. The molecule has 0 spiro atoms. The standard InChI is InChI=1S/C14H14N6O3/c1-2-23-10-5-3-9(4-6-10)20-13-12(17-18-20)14(22)19(8-16-13)7-11(15)21/h3-6,8H,2,7H2,1H3,(H2,15,21). The average molecular weight is 314 g/mol. The van der Waals surface area contributed by atoms with E-state index in [4.69, 9.17) is 10.5 Å². The first-order valence-corrected chi connectivity index (χ1v) is 6.92. The minimum Gasteiger partial charge on any atom is -0.494 e. The molecule has 0 radical (unpaired) electrons. The highest BCUT2D eigenvalue weighted by atomic mass is 16.5. The van der Waals surface area contributed by atoms with Gasteiger partial charge in [0, 0.05) is 0 Å². The summed E-state index contributed by atoms with van der Waals surface area (Å²) < 4.78 is 7.92. The molecule has 9 nitrogen and oxygen atoms in total. The lowest BCUT2D eigenvalue weighted by atomic mass is 10.3. The van der Waals surface area contributed by atoms with Crippen molar-refractivity contribution in [2.75, 3.05) is 6.61 Å². The van der Waals surface area contributed by atoms with Gasteiger partial charge in [0.25, 0.3) is 5.56 Å². The fourth-order valence-electron chi connectivity index (χ4n) is 2.15. The summed E-state index contributed by atoms with van der Waals surface area (Å²) in [5, 5.41) is 7.81. The molecule has 118 valence electrons. The molecule has 2 aromatic heterocycles. The largest absolute Gasteiger partial charge is 0.494 e. The van der Waals surface area contributed by atoms with Crippen LogP contribution in [-0.4, -0.2) is 37.1 Å². The topological polar surface area (TPSA) is 118 Å². The van der Waals surface area contributed by atoms with Gasteiger partial charge < -0.3 is 10.5 Å². The molecule has 0 saturated carbocycles. The minimum absolute atomic E-state index is 0.0719. The van der Waals surface area contributed by atoms with E-state index in [0.717, 1.165) is 10.3 Å². The Bertz CT molecular complexity index is 912. The smallest absolute Gasteiger partial charge is 0.284 e. The third-order valence-corrected chi connectivity index (χ3v) is 3.15. The van der Waals surface area contributed by atoms with Gasteiger partial charge >= 0.3 is 0 Å². The minimum atomic E-state index is -0.632. The molecular formula is C14H14N6O3. The number of hydrogen-bond acceptors (Lipinski definition) is 6. The number of ether oxygens (including phenoxy) is 1. The Hall–Kier alpha value is -3.23. The fourth-order valence-corrected chi connectivity index (χ4v) is 2.15. The molecule has 1 amide bonds. The van der Waals surface area contributed by atoms with Crippen molar-refractivity contribution in [1.82, 2.24) is 24.5 Å². The van der Waals surface area contributed by atoms with E-state index in [0.29, 0.717) is 17.9 Å². The Morgan fingerprint density at radius 3 is 2.70 bits per heavy atom. The van der Waals surface area contributed by atoms with Crippen molar-refractivity contribution in [3.8, 4) is 11.4 Å². The normalized spacial score (nSPS) is 10.8. The molecule has 0 atom stereocenters. The van der Waals surface area contributed by atoms with Gasteiger partial charge in [-0.15, -0.1) is 5.10 Å². The molecule has 0 unspecified atom stereocenters. The summed E-state index contributed by atoms with van der Waals surface area (Å²) in [5.41, 5.74) is 5.69. The molecule has 2 heterocycles. The lowest BCUT2D eigenvalue weighted by Gasteiger charge is -2.05. The molecule has 1 aromatic carbocycles. The van der Waals surface area contributed by atoms with E-state index in [2.05, 4.69) is 15.3 Å². The van der Waals surface area contributed by atoms with Crippen molar-refractivity contribution < 1.29 is 9.53 Å². The van der Waals surface area contributed by atoms with Gasteiger partial charge in [0.2, 0.25) is 5.91 Å². The Labute approximate surface area is 130 Å². The van der Waals surface area contributed by atoms with Crippen LogP contribution in [0.2, 0.25) is 0 Å². The molecule has 0 aliphatic rings. The second-order valence-corrected chi connectivity index (χ2v) is 4.74. The van der Waals surface area contributed by atoms with Gasteiger partial charge in [0.05, 0.1) is 12.3 Å². The Morgan fingerprint density at radius 2 is 2.04 bits per heavy atom. The predicted molar refractivity (Wildman–Crippen MR) is 81.3 cm³/mol. The van der Waals surface area contributed by atoms with E-state index in [1.54, 1.807) is 24.3 Å². The van der Waals surface area contributed by atoms with E-state index in [-0.39, 0.29) is 12.1 Å². The van der Waals surface area contributed by atoms with E-state index in [9.17, 15) is 9.59 Å². The van der Waals surface area contributed by atoms with Gasteiger partial charge in [0.15, 0.2) is 11.2 Å². The van der Waals surface area contributed by atoms with Crippen LogP contribution in [0.3, 0.4) is 0 Å². The van der Waals surface area contributed by atoms with E-state index in [1.807, 2.05) is 6.92 Å². The summed E-state index contributed by atoms with van der Waals surface area (Å²) in [6.45, 7) is 2.23. The van der Waals surface area contributed by atoms with Crippen LogP contribution in [0.5, 0.6) is 5.75 Å². The van der Waals surface area contributed by atoms with Crippen molar-refractivity contribution in [2.45, 2.75) is 13.5 Å². The highest BCUT2D eigenvalue weighted by Gasteiger charge is 2.14. The molecule has 0 aliphatic carbocycles. The summed E-state index contributed by atoms with van der Waals surface area (Å²) >= 11 is 0. The summed E-state index contributed by atoms with van der Waals surface area (Å²) in [6, 6.07) is 7.16. The number of aromatic nitrogens is 5. The van der Waals surface area contributed by atoms with Crippen LogP contribution in [0.1, 0.15) is 6.92 Å². The Morgan fingerprint density at radius 1 is 1.30 bits per heavy atom. The zero-order chi connectivity index (χ0) is 16.4. The molecule has 2 N–H and O–H groups in total. The van der Waals surface area contributed by atoms with Gasteiger partial charge in [-0.25, -0.2) is 4.98 Å². The highest BCUT2D eigenvalue weighted by Crippen LogP contribution is 2.16. The van der Waals surface area contributed by atoms with Crippen LogP contribution in [-0.2, 0) is 11.3 Å². The number of nitrogens with zero attached hydrogens (tertiary/aromatic N) is 5. The number of fused-ring (bicyclic) bond motifs is 1. The predicted octanol–water partition coefficient (Wildman–Crippen LogP) is -0.139. The van der Waals surface area contributed by atoms with Gasteiger partial charge in [-0.2, -0.15) is 4.68 Å². The summed E-state index contributed by atoms with van der Waals surface area (Å²) in [6.07, 6.45) is 1.25. The van der Waals surface area contributed by atoms with Crippen molar-refractivity contribution in [3.05, 3.63) is 40.9 Å². The van der Waals surface area contributed by atoms with Crippen molar-refractivity contribution in [3.63, 3.8) is 0 Å². The number of carbonyl (C=O) groups excluding carboxylic acids is 1. The van der Waals surface area contributed by atoms with Crippen molar-refractivity contribution >= 4 is 17.1 Å². The SMILES string of the molecule is CCOc1ccc(-n2nnc3c(=O)n(CC(N)=O)cnc32)cc1. The Balaban J connectivity index is 2.04. The molecule has 3 rings (SSSR count). The van der Waals surface area contributed by atoms with Gasteiger partial charge in [-0.05, 0) is 31.2 Å². The summed E-state index contributed by atoms with van der Waals surface area (Å²) in [4.78, 5) is 27.3. The van der Waals surface area contributed by atoms with Crippen molar-refractivity contribution in [1.29, 1.82) is 0 Å². The lowest BCUT2D eigenvalue weighted by Crippen LogP contribution is -2.28. The first-order valence-electron chi connectivity index (χ1n) is 6.92. The van der Waals surface area contributed by atoms with Crippen LogP contribution in [0, 0.1) is 0 Å². The molecule has 3 aromatic rings. The second kappa shape index (κ2) is 5.87. The molecule has 0 aliphatic heterocycles. The number of carbonyl (C=O) groups is 1. The third kappa shape index (κ3) is 2.76. The number of hydrogen-bond donors (Lipinski definition) is 1. The molecule has 23 heavy (non-hydrogen) atoms. The molecule has 0 bridgehead atoms. The highest BCUT2D eigenvalue weighted by molar-refractivity contribution is 5.74. The fraction of sp³-hybridized carbons (Fsp3) is 0.214. The number of primary amides is 1. The maximum atomic E-state index is 12.2. The first kappa shape index (κ1) is 14.7. The molecule has 0 saturated heterocycles. The van der Waals surface area contributed by atoms with Crippen LogP contribution < -0.4 is 16.0 Å². The average Bonchev–Trinajstić information content (AvgIpc) is 2.95. The van der Waals surface area contributed by atoms with E-state index in [1.165, 1.54) is 11.0 Å². The van der Waals surface area contributed by atoms with Gasteiger partial charge in [0.1, 0.15) is 18.6 Å². The quantitative estimate of drug-likeness (QED) is 0.700. The molecular weight excluding hydrogens is 300 g/mol. The van der Waals surface area contributed by atoms with E-state index < -0.39 is 11.5 Å². The second-order valence-electron chi connectivity index (χ2n) is 4.74. The maximum Gasteiger partial charge on any atom is 0.284 e. The first-order chi connectivity index (χ1) is 11.1. The maximum absolute atomic E-state index is 12.2. The Kier molecular flexibility index (Phi) is 3.75. The van der Waals surface area contributed by atoms with Crippen LogP contribution in [0.25, 0.3) is 16.9 Å². The lowest BCUT2D eigenvalue weighted by molar-refractivity contribution is -0.118. The summed E-state index contributed by atoms with van der Waals surface area (Å²) in [5.74, 6) is 0.101. The number of rotatable bonds is 5. The third-order valence-electron chi connectivity index (χ3n) is 3.15. The van der Waals surface area contributed by atoms with Crippen LogP contribution in [0.4, 0.5) is 0 Å². The van der Waals surface area contributed by atoms with E-state index >= 15 is 0 Å². The van der Waals surface area contributed by atoms with Crippen LogP contribution in [0.15, 0.2) is 35.4 Å². The summed E-state index contributed by atoms with van der Waals surface area (Å²) in [7, 11) is 0. The zero-order valence-corrected chi connectivity index (χ0v) is 12.3. The number of benzene rings is 1. The number of amides is 1. The van der Waals surface area contributed by atoms with Gasteiger partial charge in [-0.1, -0.05) is 5.21 Å². The molecule has 9 heteroatoms.